The van der Waals surface area contributed by atoms with Crippen molar-refractivity contribution in [3.8, 4) is 5.69 Å². The number of tetrazole rings is 1. The summed E-state index contributed by atoms with van der Waals surface area (Å²) < 4.78 is 34.5. The fourth-order valence-electron chi connectivity index (χ4n) is 2.66. The van der Waals surface area contributed by atoms with Crippen LogP contribution in [-0.4, -0.2) is 47.9 Å². The molecule has 8 nitrogen and oxygen atoms in total. The van der Waals surface area contributed by atoms with E-state index >= 15 is 0 Å². The van der Waals surface area contributed by atoms with E-state index in [9.17, 15) is 8.42 Å². The van der Waals surface area contributed by atoms with Gasteiger partial charge in [-0.3, -0.25) is 0 Å². The number of ether oxygens (including phenoxy) is 1. The van der Waals surface area contributed by atoms with Gasteiger partial charge in [0, 0.05) is 13.2 Å². The van der Waals surface area contributed by atoms with Crippen LogP contribution in [0.2, 0.25) is 0 Å². The minimum absolute atomic E-state index is 0.182. The van der Waals surface area contributed by atoms with Gasteiger partial charge < -0.3 is 4.74 Å². The minimum Gasteiger partial charge on any atom is -0.378 e. The van der Waals surface area contributed by atoms with Crippen LogP contribution in [-0.2, 0) is 14.8 Å². The third-order valence-electron chi connectivity index (χ3n) is 3.90. The van der Waals surface area contributed by atoms with Gasteiger partial charge in [-0.05, 0) is 54.3 Å². The molecule has 1 fully saturated rings. The lowest BCUT2D eigenvalue weighted by Gasteiger charge is -2.27. The number of hydrogen-bond acceptors (Lipinski definition) is 6. The molecule has 23 heavy (non-hydrogen) atoms. The van der Waals surface area contributed by atoms with Gasteiger partial charge in [0.15, 0.2) is 0 Å². The second-order valence-electron chi connectivity index (χ2n) is 5.68. The van der Waals surface area contributed by atoms with Crippen LogP contribution in [0.3, 0.4) is 0 Å². The molecule has 1 aromatic heterocycles. The van der Waals surface area contributed by atoms with Crippen molar-refractivity contribution in [2.24, 2.45) is 5.92 Å². The van der Waals surface area contributed by atoms with E-state index in [0.29, 0.717) is 24.8 Å². The first kappa shape index (κ1) is 16.0. The topological polar surface area (TPSA) is 99.0 Å². The molecule has 0 amide bonds. The quantitative estimate of drug-likeness (QED) is 0.864. The number of aromatic nitrogens is 4. The normalized spacial score (nSPS) is 22.1. The summed E-state index contributed by atoms with van der Waals surface area (Å²) in [6.45, 7) is 3.11. The molecular weight excluding hydrogens is 318 g/mol. The lowest BCUT2D eigenvalue weighted by Crippen LogP contribution is -2.34. The molecule has 1 saturated heterocycles. The van der Waals surface area contributed by atoms with E-state index in [0.717, 1.165) is 12.8 Å². The smallest absolute Gasteiger partial charge is 0.240 e. The van der Waals surface area contributed by atoms with Crippen LogP contribution in [0.4, 0.5) is 0 Å². The van der Waals surface area contributed by atoms with E-state index in [1.165, 1.54) is 11.0 Å². The third-order valence-corrected chi connectivity index (χ3v) is 5.32. The zero-order valence-electron chi connectivity index (χ0n) is 12.8. The highest BCUT2D eigenvalue weighted by Gasteiger charge is 2.22. The van der Waals surface area contributed by atoms with Crippen LogP contribution in [0, 0.1) is 5.92 Å². The monoisotopic (exact) mass is 337 g/mol. The Kier molecular flexibility index (Phi) is 4.69. The maximum Gasteiger partial charge on any atom is 0.240 e. The summed E-state index contributed by atoms with van der Waals surface area (Å²) in [5, 5.41) is 10.9. The Morgan fingerprint density at radius 1 is 1.43 bits per heavy atom. The summed E-state index contributed by atoms with van der Waals surface area (Å²) in [5.41, 5.74) is 0.595. The van der Waals surface area contributed by atoms with Gasteiger partial charge >= 0.3 is 0 Å². The average Bonchev–Trinajstić information content (AvgIpc) is 3.08. The van der Waals surface area contributed by atoms with Gasteiger partial charge in [0.05, 0.1) is 16.7 Å². The van der Waals surface area contributed by atoms with Gasteiger partial charge in [-0.25, -0.2) is 17.8 Å². The number of hydrogen-bond donors (Lipinski definition) is 1. The zero-order chi connectivity index (χ0) is 16.3. The van der Waals surface area contributed by atoms with Gasteiger partial charge in [-0.15, -0.1) is 5.10 Å². The summed E-state index contributed by atoms with van der Waals surface area (Å²) in [6.07, 6.45) is 3.34. The molecule has 0 bridgehead atoms. The molecule has 0 aliphatic carbocycles. The van der Waals surface area contributed by atoms with E-state index in [1.54, 1.807) is 24.3 Å². The van der Waals surface area contributed by atoms with E-state index in [2.05, 4.69) is 20.2 Å². The summed E-state index contributed by atoms with van der Waals surface area (Å²) in [5.74, 6) is 0.302. The number of sulfonamides is 1. The van der Waals surface area contributed by atoms with Crippen LogP contribution < -0.4 is 4.72 Å². The molecule has 0 saturated carbocycles. The second kappa shape index (κ2) is 6.73. The zero-order valence-corrected chi connectivity index (χ0v) is 13.6. The van der Waals surface area contributed by atoms with Crippen molar-refractivity contribution >= 4 is 10.0 Å². The minimum atomic E-state index is -3.56. The Morgan fingerprint density at radius 2 is 2.30 bits per heavy atom. The second-order valence-corrected chi connectivity index (χ2v) is 7.44. The fraction of sp³-hybridized carbons (Fsp3) is 0.500. The highest BCUT2D eigenvalue weighted by molar-refractivity contribution is 7.89. The van der Waals surface area contributed by atoms with Gasteiger partial charge in [-0.2, -0.15) is 0 Å². The number of rotatable bonds is 5. The van der Waals surface area contributed by atoms with Crippen molar-refractivity contribution in [3.05, 3.63) is 30.6 Å². The van der Waals surface area contributed by atoms with Gasteiger partial charge in [0.25, 0.3) is 0 Å². The standard InChI is InChI=1S/C14H19N5O3S/c1-11-7-12(5-6-22-11)9-16-23(20,21)14-4-2-3-13(8-14)19-10-15-17-18-19/h2-4,8,10-12,16H,5-7,9H2,1H3/t11-,12+/m0/s1. The third kappa shape index (κ3) is 3.92. The van der Waals surface area contributed by atoms with Crippen molar-refractivity contribution in [2.45, 2.75) is 30.8 Å². The van der Waals surface area contributed by atoms with Crippen LogP contribution in [0.1, 0.15) is 19.8 Å². The van der Waals surface area contributed by atoms with Crippen LogP contribution >= 0.6 is 0 Å². The number of nitrogens with one attached hydrogen (secondary N) is 1. The number of benzene rings is 1. The molecule has 1 aromatic carbocycles. The summed E-state index contributed by atoms with van der Waals surface area (Å²) in [6, 6.07) is 6.52. The summed E-state index contributed by atoms with van der Waals surface area (Å²) in [4.78, 5) is 0.200. The molecule has 2 heterocycles. The Labute approximate surface area is 134 Å². The van der Waals surface area contributed by atoms with Crippen LogP contribution in [0.5, 0.6) is 0 Å². The molecule has 9 heteroatoms. The molecule has 124 valence electrons. The summed E-state index contributed by atoms with van der Waals surface area (Å²) in [7, 11) is -3.56. The Morgan fingerprint density at radius 3 is 3.04 bits per heavy atom. The predicted molar refractivity (Wildman–Crippen MR) is 82.5 cm³/mol. The lowest BCUT2D eigenvalue weighted by atomic mass is 9.97. The van der Waals surface area contributed by atoms with Gasteiger partial charge in [-0.1, -0.05) is 6.07 Å². The maximum atomic E-state index is 12.5. The molecule has 2 aromatic rings. The fourth-order valence-corrected chi connectivity index (χ4v) is 3.82. The van der Waals surface area contributed by atoms with E-state index in [-0.39, 0.29) is 11.0 Å². The molecule has 1 aliphatic heterocycles. The first-order chi connectivity index (χ1) is 11.0. The molecule has 1 N–H and O–H groups in total. The maximum absolute atomic E-state index is 12.5. The molecule has 2 atom stereocenters. The van der Waals surface area contributed by atoms with E-state index < -0.39 is 10.0 Å². The molecule has 0 radical (unpaired) electrons. The molecular formula is C14H19N5O3S. The first-order valence-corrected chi connectivity index (χ1v) is 8.97. The molecule has 3 rings (SSSR count). The van der Waals surface area contributed by atoms with Crippen LogP contribution in [0.25, 0.3) is 5.69 Å². The van der Waals surface area contributed by atoms with Crippen molar-refractivity contribution in [3.63, 3.8) is 0 Å². The van der Waals surface area contributed by atoms with Gasteiger partial charge in [0.2, 0.25) is 10.0 Å². The van der Waals surface area contributed by atoms with Crippen molar-refractivity contribution < 1.29 is 13.2 Å². The van der Waals surface area contributed by atoms with Crippen molar-refractivity contribution in [2.75, 3.05) is 13.2 Å². The highest BCUT2D eigenvalue weighted by Crippen LogP contribution is 2.20. The Hall–Kier alpha value is -1.84. The Bertz CT molecular complexity index is 748. The number of nitrogens with zero attached hydrogens (tertiary/aromatic N) is 4. The van der Waals surface area contributed by atoms with E-state index in [1.807, 2.05) is 6.92 Å². The molecule has 0 unspecified atom stereocenters. The predicted octanol–water partition coefficient (Wildman–Crippen LogP) is 0.756. The van der Waals surface area contributed by atoms with Gasteiger partial charge in [0.1, 0.15) is 6.33 Å². The first-order valence-electron chi connectivity index (χ1n) is 7.49. The Balaban J connectivity index is 1.71. The largest absolute Gasteiger partial charge is 0.378 e. The summed E-state index contributed by atoms with van der Waals surface area (Å²) >= 11 is 0. The lowest BCUT2D eigenvalue weighted by molar-refractivity contribution is 0.00397. The highest BCUT2D eigenvalue weighted by atomic mass is 32.2. The molecule has 0 spiro atoms. The SMILES string of the molecule is C[C@H]1C[C@H](CNS(=O)(=O)c2cccc(-n3cnnn3)c2)CCO1. The van der Waals surface area contributed by atoms with Crippen molar-refractivity contribution in [1.82, 2.24) is 24.9 Å². The average molecular weight is 337 g/mol. The van der Waals surface area contributed by atoms with Crippen molar-refractivity contribution in [1.29, 1.82) is 0 Å². The van der Waals surface area contributed by atoms with E-state index in [4.69, 9.17) is 4.74 Å². The van der Waals surface area contributed by atoms with Crippen LogP contribution in [0.15, 0.2) is 35.5 Å². The molecule has 1 aliphatic rings.